The van der Waals surface area contributed by atoms with E-state index < -0.39 is 0 Å². The standard InChI is InChI=1S/C14H28OS.2C4H9.Sn/c1-14(15)12-10-8-6-4-2-3-5-7-9-11-13-16;2*1-3-4-2;/h16H,2-13H2,1H3;2*1,3-4H2,2H3;/q;;;+1/p-1. The molecular weight excluding hydrogens is 431 g/mol. The molecule has 149 valence electrons. The molecule has 1 nitrogen and oxygen atoms in total. The molecule has 0 aromatic carbocycles. The van der Waals surface area contributed by atoms with E-state index in [1.165, 1.54) is 83.5 Å². The van der Waals surface area contributed by atoms with Gasteiger partial charge in [0, 0.05) is 6.42 Å². The molecule has 0 aliphatic carbocycles. The second kappa shape index (κ2) is 27.0. The molecule has 0 N–H and O–H groups in total. The Bertz CT molecular complexity index is 240. The average molecular weight is 476 g/mol. The molecule has 0 amide bonds. The first-order valence-corrected chi connectivity index (χ1v) is 15.6. The average Bonchev–Trinajstić information content (AvgIpc) is 2.60. The van der Waals surface area contributed by atoms with E-state index in [9.17, 15) is 4.79 Å². The number of hydrogen-bond donors (Lipinski definition) is 0. The predicted octanol–water partition coefficient (Wildman–Crippen LogP) is 7.54. The maximum atomic E-state index is 10.7. The van der Waals surface area contributed by atoms with Crippen LogP contribution in [0.5, 0.6) is 0 Å². The van der Waals surface area contributed by atoms with E-state index in [-0.39, 0.29) is 21.1 Å². The Kier molecular flexibility index (Phi) is 30.3. The molecule has 0 aromatic heterocycles. The van der Waals surface area contributed by atoms with Crippen molar-refractivity contribution in [2.75, 3.05) is 5.75 Å². The van der Waals surface area contributed by atoms with Gasteiger partial charge in [0.25, 0.3) is 0 Å². The van der Waals surface area contributed by atoms with Gasteiger partial charge in [-0.2, -0.15) is 5.75 Å². The van der Waals surface area contributed by atoms with Gasteiger partial charge in [-0.3, -0.25) is 0 Å². The summed E-state index contributed by atoms with van der Waals surface area (Å²) < 4.78 is 3.25. The summed E-state index contributed by atoms with van der Waals surface area (Å²) >= 11 is 5.06. The first-order chi connectivity index (χ1) is 12.2. The van der Waals surface area contributed by atoms with Crippen LogP contribution < -0.4 is 0 Å². The van der Waals surface area contributed by atoms with Crippen LogP contribution >= 0.6 is 0 Å². The summed E-state index contributed by atoms with van der Waals surface area (Å²) in [6, 6.07) is 0. The number of Topliss-reactive ketones (excluding diaryl/α,β-unsaturated/α-hetero) is 1. The van der Waals surface area contributed by atoms with Crippen molar-refractivity contribution in [3.8, 4) is 0 Å². The molecule has 0 saturated carbocycles. The number of unbranched alkanes of at least 4 members (excludes halogenated alkanes) is 11. The Balaban J connectivity index is 0. The third kappa shape index (κ3) is 32.9. The Morgan fingerprint density at radius 3 is 1.44 bits per heavy atom. The van der Waals surface area contributed by atoms with Crippen molar-refractivity contribution in [3.63, 3.8) is 0 Å². The summed E-state index contributed by atoms with van der Waals surface area (Å²) in [7, 11) is 0. The number of ketones is 1. The molecule has 0 heterocycles. The zero-order valence-corrected chi connectivity index (χ0v) is 21.2. The number of hydrogen-bond acceptors (Lipinski definition) is 2. The van der Waals surface area contributed by atoms with Gasteiger partial charge < -0.3 is 17.4 Å². The van der Waals surface area contributed by atoms with E-state index in [2.05, 4.69) is 13.8 Å². The fraction of sp³-hybridized carbons (Fsp3) is 0.955. The van der Waals surface area contributed by atoms with Crippen molar-refractivity contribution in [2.45, 2.75) is 126 Å². The number of carbonyl (C=O) groups is 1. The van der Waals surface area contributed by atoms with Crippen molar-refractivity contribution >= 4 is 39.6 Å². The second-order valence-corrected chi connectivity index (χ2v) is 11.8. The SMILES string of the molecule is CC(=O)CCCCCCCCCCCC[S-].CCC[CH2][Sn+][CH2]CCC. The molecule has 0 spiro atoms. The molecular formula is C22H45OSSn. The second-order valence-electron chi connectivity index (χ2n) is 7.15. The Morgan fingerprint density at radius 1 is 0.680 bits per heavy atom. The number of carbonyl (C=O) groups excluding carboxylic acids is 1. The van der Waals surface area contributed by atoms with Crippen LogP contribution in [-0.2, 0) is 17.4 Å². The Morgan fingerprint density at radius 2 is 1.08 bits per heavy atom. The van der Waals surface area contributed by atoms with Gasteiger partial charge in [-0.25, -0.2) is 0 Å². The van der Waals surface area contributed by atoms with E-state index >= 15 is 0 Å². The zero-order valence-electron chi connectivity index (χ0n) is 17.5. The first-order valence-electron chi connectivity index (χ1n) is 11.0. The molecule has 0 bridgehead atoms. The van der Waals surface area contributed by atoms with E-state index in [1.54, 1.807) is 15.8 Å². The van der Waals surface area contributed by atoms with Gasteiger partial charge >= 0.3 is 69.5 Å². The van der Waals surface area contributed by atoms with Crippen LogP contribution in [0.1, 0.15) is 117 Å². The van der Waals surface area contributed by atoms with E-state index in [4.69, 9.17) is 12.6 Å². The third-order valence-electron chi connectivity index (χ3n) is 4.34. The van der Waals surface area contributed by atoms with Crippen LogP contribution in [-0.4, -0.2) is 32.7 Å². The quantitative estimate of drug-likeness (QED) is 0.116. The summed E-state index contributed by atoms with van der Waals surface area (Å²) in [5.74, 6) is 1.26. The molecule has 0 aliphatic rings. The minimum atomic E-state index is 0.149. The molecule has 0 aliphatic heterocycles. The maximum absolute atomic E-state index is 10.7. The summed E-state index contributed by atoms with van der Waals surface area (Å²) in [6.07, 6.45) is 19.6. The molecule has 1 radical (unpaired) electrons. The third-order valence-corrected chi connectivity index (χ3v) is 8.66. The Hall–Kier alpha value is 0.819. The molecule has 0 unspecified atom stereocenters. The van der Waals surface area contributed by atoms with Crippen LogP contribution in [0.4, 0.5) is 0 Å². The topological polar surface area (TPSA) is 17.1 Å². The van der Waals surface area contributed by atoms with Crippen molar-refractivity contribution in [1.29, 1.82) is 0 Å². The monoisotopic (exact) mass is 477 g/mol. The summed E-state index contributed by atoms with van der Waals surface area (Å²) in [5, 5.41) is 0. The zero-order chi connectivity index (χ0) is 19.0. The molecule has 0 aromatic rings. The van der Waals surface area contributed by atoms with Gasteiger partial charge in [0.05, 0.1) is 0 Å². The first kappa shape index (κ1) is 28.0. The van der Waals surface area contributed by atoms with Gasteiger partial charge in [0.1, 0.15) is 5.78 Å². The normalized spacial score (nSPS) is 10.2. The van der Waals surface area contributed by atoms with Gasteiger partial charge in [0.15, 0.2) is 0 Å². The molecule has 0 rings (SSSR count). The summed E-state index contributed by atoms with van der Waals surface area (Å²) in [5.41, 5.74) is 0. The fourth-order valence-corrected chi connectivity index (χ4v) is 6.98. The summed E-state index contributed by atoms with van der Waals surface area (Å²) in [4.78, 5) is 10.7. The van der Waals surface area contributed by atoms with Crippen LogP contribution in [0.2, 0.25) is 8.87 Å². The van der Waals surface area contributed by atoms with Gasteiger partial charge in [0.2, 0.25) is 0 Å². The Labute approximate surface area is 175 Å². The molecule has 0 atom stereocenters. The van der Waals surface area contributed by atoms with Crippen LogP contribution in [0.3, 0.4) is 0 Å². The fourth-order valence-electron chi connectivity index (χ4n) is 2.62. The van der Waals surface area contributed by atoms with Crippen LogP contribution in [0.25, 0.3) is 0 Å². The van der Waals surface area contributed by atoms with Crippen molar-refractivity contribution in [2.24, 2.45) is 0 Å². The van der Waals surface area contributed by atoms with Crippen LogP contribution in [0.15, 0.2) is 0 Å². The molecule has 0 saturated heterocycles. The van der Waals surface area contributed by atoms with E-state index in [0.717, 1.165) is 18.6 Å². The minimum absolute atomic E-state index is 0.149. The van der Waals surface area contributed by atoms with Gasteiger partial charge in [-0.05, 0) is 13.3 Å². The van der Waals surface area contributed by atoms with E-state index in [1.807, 2.05) is 0 Å². The van der Waals surface area contributed by atoms with Crippen molar-refractivity contribution in [3.05, 3.63) is 0 Å². The molecule has 3 heteroatoms. The summed E-state index contributed by atoms with van der Waals surface area (Å²) in [6.45, 7) is 6.27. The van der Waals surface area contributed by atoms with Gasteiger partial charge in [-0.1, -0.05) is 57.8 Å². The number of rotatable bonds is 18. The molecule has 0 fully saturated rings. The van der Waals surface area contributed by atoms with Gasteiger partial charge in [-0.15, -0.1) is 0 Å². The van der Waals surface area contributed by atoms with Crippen molar-refractivity contribution in [1.82, 2.24) is 0 Å². The van der Waals surface area contributed by atoms with E-state index in [0.29, 0.717) is 5.78 Å². The van der Waals surface area contributed by atoms with Crippen molar-refractivity contribution < 1.29 is 4.79 Å². The predicted molar refractivity (Wildman–Crippen MR) is 119 cm³/mol. The molecule has 25 heavy (non-hydrogen) atoms. The van der Waals surface area contributed by atoms with Crippen LogP contribution in [0, 0.1) is 0 Å².